The molecule has 2 fully saturated rings. The lowest BCUT2D eigenvalue weighted by Crippen LogP contribution is -2.44. The van der Waals surface area contributed by atoms with E-state index in [9.17, 15) is 10.1 Å². The summed E-state index contributed by atoms with van der Waals surface area (Å²) in [5.74, 6) is 1.39. The average Bonchev–Trinajstić information content (AvgIpc) is 2.92. The van der Waals surface area contributed by atoms with Gasteiger partial charge >= 0.3 is 0 Å². The van der Waals surface area contributed by atoms with Crippen molar-refractivity contribution in [3.8, 4) is 11.5 Å². The highest BCUT2D eigenvalue weighted by atomic mass is 16.6. The topological polar surface area (TPSA) is 101 Å². The number of nitrogen functional groups attached to an aromatic ring is 1. The normalized spacial score (nSPS) is 16.3. The molecule has 0 spiro atoms. The fourth-order valence-electron chi connectivity index (χ4n) is 4.29. The minimum absolute atomic E-state index is 0.0435. The maximum Gasteiger partial charge on any atom is 0.273 e. The number of anilines is 3. The molecule has 2 aliphatic rings. The van der Waals surface area contributed by atoms with Crippen LogP contribution in [0.15, 0.2) is 61.7 Å². The maximum absolute atomic E-state index is 10.9. The quantitative estimate of drug-likeness (QED) is 0.229. The van der Waals surface area contributed by atoms with Crippen LogP contribution in [-0.2, 0) is 0 Å². The van der Waals surface area contributed by atoms with Gasteiger partial charge in [0.25, 0.3) is 5.69 Å². The van der Waals surface area contributed by atoms with E-state index in [1.807, 2.05) is 18.2 Å². The minimum atomic E-state index is -0.408. The zero-order chi connectivity index (χ0) is 27.5. The van der Waals surface area contributed by atoms with Crippen molar-refractivity contribution in [2.24, 2.45) is 0 Å². The Morgan fingerprint density at radius 2 is 1.26 bits per heavy atom. The van der Waals surface area contributed by atoms with Gasteiger partial charge in [-0.3, -0.25) is 10.1 Å². The van der Waals surface area contributed by atoms with E-state index in [1.165, 1.54) is 12.1 Å². The van der Waals surface area contributed by atoms with Gasteiger partial charge in [0, 0.05) is 70.2 Å². The number of nitrogens with two attached hydrogens (primary N) is 1. The summed E-state index contributed by atoms with van der Waals surface area (Å²) in [6, 6.07) is 10.6. The first-order valence-corrected chi connectivity index (χ1v) is 12.8. The van der Waals surface area contributed by atoms with Crippen LogP contribution in [0.25, 0.3) is 0 Å². The van der Waals surface area contributed by atoms with E-state index >= 15 is 0 Å². The fraction of sp³-hybridized carbons (Fsp3) is 0.429. The first-order valence-electron chi connectivity index (χ1n) is 12.8. The molecule has 2 aromatic rings. The number of hydrogen-bond donors (Lipinski definition) is 1. The summed E-state index contributed by atoms with van der Waals surface area (Å²) < 4.78 is 11.3. The molecule has 2 heterocycles. The number of nitro benzene ring substituents is 1. The van der Waals surface area contributed by atoms with Gasteiger partial charge in [0.15, 0.2) is 0 Å². The molecule has 2 aromatic carbocycles. The predicted molar refractivity (Wildman–Crippen MR) is 155 cm³/mol. The van der Waals surface area contributed by atoms with Crippen molar-refractivity contribution in [2.45, 2.75) is 0 Å². The lowest BCUT2D eigenvalue weighted by Gasteiger charge is -2.34. The number of hydrogen-bond acceptors (Lipinski definition) is 9. The third-order valence-electron chi connectivity index (χ3n) is 6.54. The number of non-ortho nitro benzene ring substituents is 1. The summed E-state index contributed by atoms with van der Waals surface area (Å²) >= 11 is 0. The zero-order valence-corrected chi connectivity index (χ0v) is 22.6. The van der Waals surface area contributed by atoms with Crippen molar-refractivity contribution in [3.63, 3.8) is 0 Å². The summed E-state index contributed by atoms with van der Waals surface area (Å²) in [5.41, 5.74) is 8.62. The van der Waals surface area contributed by atoms with Gasteiger partial charge in [-0.25, -0.2) is 0 Å². The van der Waals surface area contributed by atoms with Crippen LogP contribution in [0.5, 0.6) is 11.5 Å². The summed E-state index contributed by atoms with van der Waals surface area (Å²) in [6.45, 7) is 16.0. The van der Waals surface area contributed by atoms with Crippen molar-refractivity contribution in [3.05, 3.63) is 71.8 Å². The summed E-state index contributed by atoms with van der Waals surface area (Å²) in [6.07, 6.45) is 3.38. The second-order valence-electron chi connectivity index (χ2n) is 9.42. The van der Waals surface area contributed by atoms with Crippen LogP contribution in [0.4, 0.5) is 22.7 Å². The molecule has 38 heavy (non-hydrogen) atoms. The Hall–Kier alpha value is -3.76. The second-order valence-corrected chi connectivity index (χ2v) is 9.42. The molecule has 0 unspecified atom stereocenters. The van der Waals surface area contributed by atoms with E-state index in [0.29, 0.717) is 19.0 Å². The van der Waals surface area contributed by atoms with Crippen LogP contribution < -0.4 is 25.0 Å². The Bertz CT molecular complexity index is 1080. The molecule has 206 valence electrons. The standard InChI is InChI=1S/C14H19N3O3.C14H21N3O/c1-3-10-20-14-11-12(17(18)19)4-5-13(14)16-8-6-15(2)7-9-16;1-3-10-18-14-11-12(15)4-5-13(14)17-8-6-16(2)7-9-17/h3-5,11H,1,6-10H2,2H3;3-5,11H,1,6-10,15H2,2H3. The predicted octanol–water partition coefficient (Wildman–Crippen LogP) is 3.50. The first kappa shape index (κ1) is 28.8. The maximum atomic E-state index is 10.9. The number of piperazine rings is 2. The third-order valence-corrected chi connectivity index (χ3v) is 6.54. The zero-order valence-electron chi connectivity index (χ0n) is 22.6. The van der Waals surface area contributed by atoms with Gasteiger partial charge < -0.3 is 34.8 Å². The van der Waals surface area contributed by atoms with Crippen LogP contribution in [0.3, 0.4) is 0 Å². The molecule has 10 heteroatoms. The monoisotopic (exact) mass is 524 g/mol. The number of likely N-dealkylation sites (N-methyl/N-ethyl adjacent to an activating group) is 2. The van der Waals surface area contributed by atoms with Gasteiger partial charge in [-0.15, -0.1) is 0 Å². The van der Waals surface area contributed by atoms with Crippen LogP contribution >= 0.6 is 0 Å². The van der Waals surface area contributed by atoms with Crippen molar-refractivity contribution in [1.82, 2.24) is 9.80 Å². The number of nitro groups is 1. The lowest BCUT2D eigenvalue weighted by atomic mass is 10.2. The molecule has 2 saturated heterocycles. The van der Waals surface area contributed by atoms with Crippen molar-refractivity contribution >= 4 is 22.7 Å². The number of ether oxygens (including phenoxy) is 2. The number of nitrogens with zero attached hydrogens (tertiary/aromatic N) is 5. The second kappa shape index (κ2) is 14.3. The van der Waals surface area contributed by atoms with Gasteiger partial charge in [-0.05, 0) is 32.3 Å². The van der Waals surface area contributed by atoms with E-state index in [2.05, 4.69) is 46.9 Å². The highest BCUT2D eigenvalue weighted by Gasteiger charge is 2.20. The molecular weight excluding hydrogens is 484 g/mol. The van der Waals surface area contributed by atoms with Crippen molar-refractivity contribution in [1.29, 1.82) is 0 Å². The average molecular weight is 525 g/mol. The Morgan fingerprint density at radius 3 is 1.71 bits per heavy atom. The Labute approximate surface area is 225 Å². The SMILES string of the molecule is C=CCOc1cc(N)ccc1N1CCN(C)CC1.C=CCOc1cc([N+](=O)[O-])ccc1N1CCN(C)CC1. The third kappa shape index (κ3) is 8.12. The first-order chi connectivity index (χ1) is 18.3. The van der Waals surface area contributed by atoms with E-state index < -0.39 is 4.92 Å². The summed E-state index contributed by atoms with van der Waals surface area (Å²) in [4.78, 5) is 19.6. The minimum Gasteiger partial charge on any atom is -0.487 e. The molecule has 0 saturated carbocycles. The van der Waals surface area contributed by atoms with Crippen LogP contribution in [0.1, 0.15) is 0 Å². The van der Waals surface area contributed by atoms with Gasteiger partial charge in [-0.1, -0.05) is 25.3 Å². The Balaban J connectivity index is 0.000000212. The van der Waals surface area contributed by atoms with Crippen LogP contribution in [-0.4, -0.2) is 94.4 Å². The summed E-state index contributed by atoms with van der Waals surface area (Å²) in [5, 5.41) is 10.9. The van der Waals surface area contributed by atoms with Crippen LogP contribution in [0.2, 0.25) is 0 Å². The van der Waals surface area contributed by atoms with E-state index in [1.54, 1.807) is 18.2 Å². The molecule has 0 aromatic heterocycles. The van der Waals surface area contributed by atoms with Crippen molar-refractivity contribution < 1.29 is 14.4 Å². The number of rotatable bonds is 9. The Morgan fingerprint density at radius 1 is 0.816 bits per heavy atom. The molecule has 0 amide bonds. The molecule has 0 atom stereocenters. The van der Waals surface area contributed by atoms with Gasteiger partial charge in [0.1, 0.15) is 24.7 Å². The molecule has 4 rings (SSSR count). The molecule has 10 nitrogen and oxygen atoms in total. The molecule has 0 radical (unpaired) electrons. The van der Waals surface area contributed by atoms with Gasteiger partial charge in [0.2, 0.25) is 0 Å². The van der Waals surface area contributed by atoms with Crippen LogP contribution in [0, 0.1) is 10.1 Å². The smallest absolute Gasteiger partial charge is 0.273 e. The molecule has 2 N–H and O–H groups in total. The molecular formula is C28H40N6O4. The largest absolute Gasteiger partial charge is 0.487 e. The number of benzene rings is 2. The highest BCUT2D eigenvalue weighted by Crippen LogP contribution is 2.33. The Kier molecular flexibility index (Phi) is 10.8. The van der Waals surface area contributed by atoms with Gasteiger partial charge in [-0.2, -0.15) is 0 Å². The van der Waals surface area contributed by atoms with Gasteiger partial charge in [0.05, 0.1) is 22.4 Å². The van der Waals surface area contributed by atoms with E-state index in [-0.39, 0.29) is 5.69 Å². The van der Waals surface area contributed by atoms with E-state index in [4.69, 9.17) is 15.2 Å². The molecule has 0 bridgehead atoms. The van der Waals surface area contributed by atoms with Crippen molar-refractivity contribution in [2.75, 3.05) is 95.2 Å². The van der Waals surface area contributed by atoms with E-state index in [0.717, 1.165) is 75.2 Å². The molecule has 0 aliphatic carbocycles. The molecule has 2 aliphatic heterocycles. The fourth-order valence-corrected chi connectivity index (χ4v) is 4.29. The summed E-state index contributed by atoms with van der Waals surface area (Å²) in [7, 11) is 4.23. The highest BCUT2D eigenvalue weighted by molar-refractivity contribution is 5.64. The lowest BCUT2D eigenvalue weighted by molar-refractivity contribution is -0.384.